The molecule has 4 aromatic heterocycles. The topological polar surface area (TPSA) is 116 Å². The summed E-state index contributed by atoms with van der Waals surface area (Å²) in [5, 5.41) is 9.56. The Balaban J connectivity index is 1.09. The molecule has 42 heavy (non-hydrogen) atoms. The average molecular weight is 605 g/mol. The summed E-state index contributed by atoms with van der Waals surface area (Å²) in [4.78, 5) is 49.7. The van der Waals surface area contributed by atoms with Crippen molar-refractivity contribution in [3.05, 3.63) is 63.6 Å². The Labute approximate surface area is 250 Å². The molecule has 3 fully saturated rings. The normalized spacial score (nSPS) is 24.0. The van der Waals surface area contributed by atoms with Gasteiger partial charge in [0.1, 0.15) is 17.5 Å². The molecule has 3 atom stereocenters. The fourth-order valence-electron chi connectivity index (χ4n) is 6.88. The molecule has 1 aliphatic carbocycles. The number of rotatable bonds is 6. The second-order valence-electron chi connectivity index (χ2n) is 11.5. The number of hydrogen-bond donors (Lipinski definition) is 2. The number of carbonyl (C=O) groups excluding carboxylic acids is 2. The van der Waals surface area contributed by atoms with E-state index in [9.17, 15) is 14.0 Å². The molecule has 0 radical (unpaired) electrons. The lowest BCUT2D eigenvalue weighted by atomic mass is 9.92. The smallest absolute Gasteiger partial charge is 0.256 e. The van der Waals surface area contributed by atoms with E-state index in [1.807, 2.05) is 29.0 Å². The molecule has 1 unspecified atom stereocenters. The van der Waals surface area contributed by atoms with E-state index in [2.05, 4.69) is 32.5 Å². The zero-order chi connectivity index (χ0) is 29.4. The van der Waals surface area contributed by atoms with Crippen molar-refractivity contribution in [2.45, 2.75) is 44.7 Å². The summed E-state index contributed by atoms with van der Waals surface area (Å²) in [5.74, 6) is 0.426. The number of hydrogen-bond acceptors (Lipinski definition) is 10. The molecule has 6 heterocycles. The largest absolute Gasteiger partial charge is 0.355 e. The molecule has 2 N–H and O–H groups in total. The SMILES string of the molecule is CNC(=O)c1cc(F)cnc1N1CC2(C)C[C@@H]3C[C@]3(C1)N2C(=O)c1ccc(Nc2nc(-c3sc(C)nc3C)cs2)nc1. The predicted octanol–water partition coefficient (Wildman–Crippen LogP) is 4.80. The van der Waals surface area contributed by atoms with E-state index in [0.717, 1.165) is 40.3 Å². The van der Waals surface area contributed by atoms with Crippen LogP contribution in [0.2, 0.25) is 0 Å². The zero-order valence-electron chi connectivity index (χ0n) is 23.6. The van der Waals surface area contributed by atoms with E-state index in [0.29, 0.717) is 41.3 Å². The molecule has 1 spiro atoms. The van der Waals surface area contributed by atoms with Crippen molar-refractivity contribution in [2.75, 3.05) is 30.4 Å². The van der Waals surface area contributed by atoms with Gasteiger partial charge in [-0.15, -0.1) is 22.7 Å². The zero-order valence-corrected chi connectivity index (χ0v) is 25.2. The summed E-state index contributed by atoms with van der Waals surface area (Å²) >= 11 is 3.12. The Hall–Kier alpha value is -3.97. The molecule has 7 rings (SSSR count). The number of aryl methyl sites for hydroxylation is 2. The molecule has 3 aliphatic rings. The number of piperazine rings is 1. The number of aromatic nitrogens is 4. The fourth-order valence-corrected chi connectivity index (χ4v) is 8.54. The first kappa shape index (κ1) is 26.9. The van der Waals surface area contributed by atoms with Gasteiger partial charge in [-0.3, -0.25) is 9.59 Å². The summed E-state index contributed by atoms with van der Waals surface area (Å²) < 4.78 is 14.0. The van der Waals surface area contributed by atoms with Crippen LogP contribution in [0.15, 0.2) is 36.0 Å². The lowest BCUT2D eigenvalue weighted by Gasteiger charge is -2.51. The van der Waals surface area contributed by atoms with Crippen LogP contribution in [0.4, 0.5) is 21.2 Å². The second-order valence-corrected chi connectivity index (χ2v) is 13.6. The van der Waals surface area contributed by atoms with Gasteiger partial charge in [0.15, 0.2) is 5.13 Å². The Morgan fingerprint density at radius 2 is 1.95 bits per heavy atom. The van der Waals surface area contributed by atoms with Gasteiger partial charge in [0.25, 0.3) is 11.8 Å². The summed E-state index contributed by atoms with van der Waals surface area (Å²) in [6, 6.07) is 4.83. The second kappa shape index (κ2) is 9.53. The minimum absolute atomic E-state index is 0.0534. The van der Waals surface area contributed by atoms with Crippen LogP contribution in [0.3, 0.4) is 0 Å². The van der Waals surface area contributed by atoms with Crippen LogP contribution >= 0.6 is 22.7 Å². The van der Waals surface area contributed by atoms with Crippen molar-refractivity contribution >= 4 is 51.3 Å². The van der Waals surface area contributed by atoms with Crippen molar-refractivity contribution in [3.8, 4) is 10.6 Å². The maximum absolute atomic E-state index is 14.0. The highest BCUT2D eigenvalue weighted by molar-refractivity contribution is 7.16. The van der Waals surface area contributed by atoms with Crippen LogP contribution in [0.25, 0.3) is 10.6 Å². The molecule has 216 valence electrons. The molecule has 0 aromatic carbocycles. The Morgan fingerprint density at radius 3 is 2.64 bits per heavy atom. The third kappa shape index (κ3) is 4.25. The highest BCUT2D eigenvalue weighted by Gasteiger charge is 2.73. The van der Waals surface area contributed by atoms with Gasteiger partial charge >= 0.3 is 0 Å². The van der Waals surface area contributed by atoms with Crippen LogP contribution in [-0.2, 0) is 0 Å². The van der Waals surface area contributed by atoms with Crippen LogP contribution in [-0.4, -0.2) is 67.9 Å². The minimum Gasteiger partial charge on any atom is -0.355 e. The van der Waals surface area contributed by atoms with E-state index >= 15 is 0 Å². The van der Waals surface area contributed by atoms with Gasteiger partial charge in [0.2, 0.25) is 0 Å². The van der Waals surface area contributed by atoms with Crippen molar-refractivity contribution < 1.29 is 14.0 Å². The molecule has 1 saturated carbocycles. The predicted molar refractivity (Wildman–Crippen MR) is 160 cm³/mol. The number of nitrogens with zero attached hydrogens (tertiary/aromatic N) is 6. The number of carbonyl (C=O) groups is 2. The standard InChI is InChI=1S/C29H29FN8O2S2/c1-15-23(42-16(2)34-15)21-12-41-27(35-21)36-22-6-5-17(10-32-22)26(40)38-28(3)8-18-9-29(18,38)14-37(13-28)24-20(25(39)31-4)7-19(30)11-33-24/h5-7,10-12,18H,8-9,13-14H2,1-4H3,(H,31,39)(H,32,35,36)/t18-,28?,29-/m1/s1. The maximum Gasteiger partial charge on any atom is 0.256 e. The summed E-state index contributed by atoms with van der Waals surface area (Å²) in [6.07, 6.45) is 4.51. The molecular formula is C29H29FN8O2S2. The van der Waals surface area contributed by atoms with E-state index in [4.69, 9.17) is 4.98 Å². The van der Waals surface area contributed by atoms with Gasteiger partial charge < -0.3 is 20.4 Å². The van der Waals surface area contributed by atoms with Gasteiger partial charge in [0, 0.05) is 31.7 Å². The Kier molecular flexibility index (Phi) is 6.10. The van der Waals surface area contributed by atoms with Gasteiger partial charge in [-0.25, -0.2) is 24.3 Å². The Morgan fingerprint density at radius 1 is 1.12 bits per heavy atom. The monoisotopic (exact) mass is 604 g/mol. The number of anilines is 3. The lowest BCUT2D eigenvalue weighted by Crippen LogP contribution is -2.65. The quantitative estimate of drug-likeness (QED) is 0.323. The fraction of sp³-hybridized carbons (Fsp3) is 0.379. The van der Waals surface area contributed by atoms with Gasteiger partial charge in [-0.05, 0) is 57.7 Å². The molecule has 10 nitrogen and oxygen atoms in total. The van der Waals surface area contributed by atoms with Crippen molar-refractivity contribution in [2.24, 2.45) is 5.92 Å². The van der Waals surface area contributed by atoms with E-state index < -0.39 is 11.4 Å². The van der Waals surface area contributed by atoms with Crippen molar-refractivity contribution in [1.82, 2.24) is 30.2 Å². The number of nitrogens with one attached hydrogen (secondary N) is 2. The van der Waals surface area contributed by atoms with Crippen LogP contribution in [0.1, 0.15) is 51.2 Å². The molecule has 2 bridgehead atoms. The van der Waals surface area contributed by atoms with Gasteiger partial charge in [0.05, 0.1) is 49.7 Å². The third-order valence-electron chi connectivity index (χ3n) is 8.56. The average Bonchev–Trinajstić information content (AvgIpc) is 3.21. The number of amides is 2. The van der Waals surface area contributed by atoms with E-state index in [-0.39, 0.29) is 22.9 Å². The number of pyridine rings is 2. The number of halogens is 1. The van der Waals surface area contributed by atoms with Crippen LogP contribution < -0.4 is 15.5 Å². The van der Waals surface area contributed by atoms with Crippen LogP contribution in [0, 0.1) is 25.6 Å². The van der Waals surface area contributed by atoms with Crippen LogP contribution in [0.5, 0.6) is 0 Å². The number of fused-ring (bicyclic) bond motifs is 1. The van der Waals surface area contributed by atoms with E-state index in [1.54, 1.807) is 29.7 Å². The third-order valence-corrected chi connectivity index (χ3v) is 10.4. The van der Waals surface area contributed by atoms with Gasteiger partial charge in [-0.1, -0.05) is 0 Å². The van der Waals surface area contributed by atoms with Crippen molar-refractivity contribution in [3.63, 3.8) is 0 Å². The Bertz CT molecular complexity index is 1730. The molecule has 2 aliphatic heterocycles. The van der Waals surface area contributed by atoms with Crippen molar-refractivity contribution in [1.29, 1.82) is 0 Å². The molecule has 13 heteroatoms. The first-order chi connectivity index (χ1) is 20.1. The molecule has 2 saturated heterocycles. The maximum atomic E-state index is 14.0. The minimum atomic E-state index is -0.562. The summed E-state index contributed by atoms with van der Waals surface area (Å²) in [6.45, 7) is 7.10. The van der Waals surface area contributed by atoms with E-state index in [1.165, 1.54) is 24.5 Å². The van der Waals surface area contributed by atoms with Gasteiger partial charge in [-0.2, -0.15) is 0 Å². The highest BCUT2D eigenvalue weighted by Crippen LogP contribution is 2.64. The highest BCUT2D eigenvalue weighted by atomic mass is 32.1. The molecular weight excluding hydrogens is 576 g/mol. The first-order valence-corrected chi connectivity index (χ1v) is 15.4. The summed E-state index contributed by atoms with van der Waals surface area (Å²) in [7, 11) is 1.52. The number of thiazole rings is 2. The lowest BCUT2D eigenvalue weighted by molar-refractivity contribution is 0.0355. The number of piperidine rings is 1. The summed E-state index contributed by atoms with van der Waals surface area (Å²) in [5.41, 5.74) is 1.77. The molecule has 4 aromatic rings. The molecule has 2 amide bonds. The first-order valence-electron chi connectivity index (χ1n) is 13.7.